The van der Waals surface area contributed by atoms with E-state index in [1.165, 1.54) is 11.3 Å². The quantitative estimate of drug-likeness (QED) is 0.675. The molecule has 1 aromatic heterocycles. The van der Waals surface area contributed by atoms with Gasteiger partial charge in [-0.25, -0.2) is 9.78 Å². The van der Waals surface area contributed by atoms with Crippen molar-refractivity contribution >= 4 is 33.4 Å². The number of carbonyl (C=O) groups excluding carboxylic acids is 2. The lowest BCUT2D eigenvalue weighted by Gasteiger charge is -2.13. The average Bonchev–Trinajstić information content (AvgIpc) is 3.14. The van der Waals surface area contributed by atoms with Crippen LogP contribution >= 0.6 is 11.3 Å². The summed E-state index contributed by atoms with van der Waals surface area (Å²) in [7, 11) is 1.60. The molecule has 1 heterocycles. The normalized spacial score (nSPS) is 11.8. The van der Waals surface area contributed by atoms with Gasteiger partial charge in [-0.05, 0) is 42.8 Å². The Bertz CT molecular complexity index is 921. The third-order valence-corrected chi connectivity index (χ3v) is 4.64. The van der Waals surface area contributed by atoms with Gasteiger partial charge in [0.25, 0.3) is 5.91 Å². The Morgan fingerprint density at radius 1 is 1.19 bits per heavy atom. The number of hydrogen-bond donors (Lipinski definition) is 1. The first-order valence-corrected chi connectivity index (χ1v) is 8.89. The number of nitrogens with zero attached hydrogens (tertiary/aromatic N) is 1. The van der Waals surface area contributed by atoms with Crippen LogP contribution in [0.25, 0.3) is 10.2 Å². The molecule has 0 aliphatic carbocycles. The summed E-state index contributed by atoms with van der Waals surface area (Å²) in [6.45, 7) is 1.89. The van der Waals surface area contributed by atoms with Crippen molar-refractivity contribution in [3.05, 3.63) is 59.1 Å². The van der Waals surface area contributed by atoms with E-state index >= 15 is 0 Å². The third kappa shape index (κ3) is 4.18. The van der Waals surface area contributed by atoms with Gasteiger partial charge in [0, 0.05) is 6.54 Å². The zero-order valence-corrected chi connectivity index (χ0v) is 15.2. The molecule has 0 saturated heterocycles. The van der Waals surface area contributed by atoms with Crippen LogP contribution < -0.4 is 10.1 Å². The number of aromatic nitrogens is 1. The van der Waals surface area contributed by atoms with Crippen LogP contribution in [0, 0.1) is 0 Å². The van der Waals surface area contributed by atoms with Crippen molar-refractivity contribution in [1.82, 2.24) is 10.3 Å². The largest absolute Gasteiger partial charge is 0.497 e. The van der Waals surface area contributed by atoms with Gasteiger partial charge in [0.1, 0.15) is 5.75 Å². The number of amides is 1. The number of carbonyl (C=O) groups is 2. The van der Waals surface area contributed by atoms with Gasteiger partial charge in [-0.2, -0.15) is 0 Å². The SMILES string of the molecule is COc1ccc(CNC(=O)[C@H](C)OC(=O)c2ccc3ncsc3c2)cc1. The Labute approximate surface area is 154 Å². The van der Waals surface area contributed by atoms with E-state index in [0.717, 1.165) is 21.5 Å². The topological polar surface area (TPSA) is 77.5 Å². The van der Waals surface area contributed by atoms with Crippen LogP contribution in [0.2, 0.25) is 0 Å². The molecule has 1 amide bonds. The maximum absolute atomic E-state index is 12.2. The summed E-state index contributed by atoms with van der Waals surface area (Å²) in [5, 5.41) is 2.75. The van der Waals surface area contributed by atoms with Crippen LogP contribution in [-0.4, -0.2) is 30.1 Å². The predicted octanol–water partition coefficient (Wildman–Crippen LogP) is 3.17. The van der Waals surface area contributed by atoms with Crippen molar-refractivity contribution in [3.8, 4) is 5.75 Å². The summed E-state index contributed by atoms with van der Waals surface area (Å²) in [5.74, 6) is -0.138. The number of fused-ring (bicyclic) bond motifs is 1. The maximum Gasteiger partial charge on any atom is 0.338 e. The van der Waals surface area contributed by atoms with E-state index in [1.807, 2.05) is 24.3 Å². The fraction of sp³-hybridized carbons (Fsp3) is 0.211. The summed E-state index contributed by atoms with van der Waals surface area (Å²) in [6.07, 6.45) is -0.891. The molecule has 0 saturated carbocycles. The molecule has 0 radical (unpaired) electrons. The molecule has 0 spiro atoms. The van der Waals surface area contributed by atoms with Gasteiger partial charge in [0.15, 0.2) is 6.10 Å². The van der Waals surface area contributed by atoms with E-state index < -0.39 is 12.1 Å². The first kappa shape index (κ1) is 17.9. The van der Waals surface area contributed by atoms with Crippen LogP contribution in [-0.2, 0) is 16.1 Å². The first-order valence-electron chi connectivity index (χ1n) is 8.01. The van der Waals surface area contributed by atoms with Crippen LogP contribution in [0.5, 0.6) is 5.75 Å². The van der Waals surface area contributed by atoms with E-state index in [9.17, 15) is 9.59 Å². The first-order chi connectivity index (χ1) is 12.6. The zero-order valence-electron chi connectivity index (χ0n) is 14.4. The van der Waals surface area contributed by atoms with Gasteiger partial charge in [-0.1, -0.05) is 12.1 Å². The highest BCUT2D eigenvalue weighted by molar-refractivity contribution is 7.16. The van der Waals surface area contributed by atoms with Crippen molar-refractivity contribution in [3.63, 3.8) is 0 Å². The molecule has 1 atom stereocenters. The maximum atomic E-state index is 12.2. The molecule has 0 unspecified atom stereocenters. The van der Waals surface area contributed by atoms with Crippen molar-refractivity contribution < 1.29 is 19.1 Å². The van der Waals surface area contributed by atoms with Crippen LogP contribution in [0.4, 0.5) is 0 Å². The number of methoxy groups -OCH3 is 1. The van der Waals surface area contributed by atoms with Gasteiger partial charge in [0.2, 0.25) is 0 Å². The Morgan fingerprint density at radius 3 is 2.69 bits per heavy atom. The van der Waals surface area contributed by atoms with Crippen molar-refractivity contribution in [2.75, 3.05) is 7.11 Å². The number of hydrogen-bond acceptors (Lipinski definition) is 6. The summed E-state index contributed by atoms with van der Waals surface area (Å²) in [5.41, 5.74) is 3.87. The van der Waals surface area contributed by atoms with Gasteiger partial charge in [0.05, 0.1) is 28.4 Å². The Morgan fingerprint density at radius 2 is 1.96 bits per heavy atom. The van der Waals surface area contributed by atoms with E-state index in [0.29, 0.717) is 12.1 Å². The molecule has 26 heavy (non-hydrogen) atoms. The monoisotopic (exact) mass is 370 g/mol. The van der Waals surface area contributed by atoms with Crippen molar-refractivity contribution in [2.24, 2.45) is 0 Å². The molecule has 2 aromatic carbocycles. The van der Waals surface area contributed by atoms with Gasteiger partial charge >= 0.3 is 5.97 Å². The zero-order chi connectivity index (χ0) is 18.5. The highest BCUT2D eigenvalue weighted by Crippen LogP contribution is 2.20. The Hall–Kier alpha value is -2.93. The van der Waals surface area contributed by atoms with Gasteiger partial charge in [-0.15, -0.1) is 11.3 Å². The number of esters is 1. The predicted molar refractivity (Wildman–Crippen MR) is 99.3 cm³/mol. The minimum absolute atomic E-state index is 0.345. The van der Waals surface area contributed by atoms with Crippen LogP contribution in [0.3, 0.4) is 0 Å². The lowest BCUT2D eigenvalue weighted by Crippen LogP contribution is -2.35. The second-order valence-electron chi connectivity index (χ2n) is 5.65. The molecule has 0 bridgehead atoms. The summed E-state index contributed by atoms with van der Waals surface area (Å²) in [6, 6.07) is 12.5. The highest BCUT2D eigenvalue weighted by Gasteiger charge is 2.19. The molecule has 134 valence electrons. The third-order valence-electron chi connectivity index (χ3n) is 3.85. The second-order valence-corrected chi connectivity index (χ2v) is 6.53. The van der Waals surface area contributed by atoms with Gasteiger partial charge in [-0.3, -0.25) is 4.79 Å². The fourth-order valence-electron chi connectivity index (χ4n) is 2.34. The molecule has 0 aliphatic rings. The molecule has 0 fully saturated rings. The van der Waals surface area contributed by atoms with Crippen molar-refractivity contribution in [1.29, 1.82) is 0 Å². The standard InChI is InChI=1S/C19H18N2O4S/c1-12(18(22)20-10-13-3-6-15(24-2)7-4-13)25-19(23)14-5-8-16-17(9-14)26-11-21-16/h3-9,11-12H,10H2,1-2H3,(H,20,22)/t12-/m0/s1. The van der Waals surface area contributed by atoms with Crippen LogP contribution in [0.15, 0.2) is 48.0 Å². The average molecular weight is 370 g/mol. The molecule has 6 nitrogen and oxygen atoms in total. The number of ether oxygens (including phenoxy) is 2. The lowest BCUT2D eigenvalue weighted by molar-refractivity contribution is -0.129. The number of thiazole rings is 1. The van der Waals surface area contributed by atoms with E-state index in [-0.39, 0.29) is 5.91 Å². The fourth-order valence-corrected chi connectivity index (χ4v) is 3.06. The minimum Gasteiger partial charge on any atom is -0.497 e. The minimum atomic E-state index is -0.891. The second kappa shape index (κ2) is 7.97. The molecular weight excluding hydrogens is 352 g/mol. The summed E-state index contributed by atoms with van der Waals surface area (Å²) >= 11 is 1.45. The van der Waals surface area contributed by atoms with Gasteiger partial charge < -0.3 is 14.8 Å². The smallest absolute Gasteiger partial charge is 0.338 e. The number of nitrogens with one attached hydrogen (secondary N) is 1. The van der Waals surface area contributed by atoms with Crippen molar-refractivity contribution in [2.45, 2.75) is 19.6 Å². The molecule has 1 N–H and O–H groups in total. The van der Waals surface area contributed by atoms with E-state index in [1.54, 1.807) is 37.7 Å². The summed E-state index contributed by atoms with van der Waals surface area (Å²) < 4.78 is 11.3. The molecule has 3 aromatic rings. The Balaban J connectivity index is 1.54. The Kier molecular flexibility index (Phi) is 5.48. The number of benzene rings is 2. The number of rotatable bonds is 6. The lowest BCUT2D eigenvalue weighted by atomic mass is 10.2. The molecular formula is C19H18N2O4S. The molecule has 3 rings (SSSR count). The molecule has 7 heteroatoms. The molecule has 0 aliphatic heterocycles. The van der Waals surface area contributed by atoms with E-state index in [4.69, 9.17) is 9.47 Å². The summed E-state index contributed by atoms with van der Waals surface area (Å²) in [4.78, 5) is 28.6. The highest BCUT2D eigenvalue weighted by atomic mass is 32.1. The van der Waals surface area contributed by atoms with E-state index in [2.05, 4.69) is 10.3 Å². The van der Waals surface area contributed by atoms with Crippen LogP contribution in [0.1, 0.15) is 22.8 Å².